The normalized spacial score (nSPS) is 36.5. The molecule has 0 bridgehead atoms. The number of aliphatic hydroxyl groups excluding tert-OH is 1. The first-order valence-electron chi connectivity index (χ1n) is 20.1. The zero-order chi connectivity index (χ0) is 37.0. The average molecular weight is 739 g/mol. The molecule has 1 aliphatic heterocycles. The second kappa shape index (κ2) is 17.3. The van der Waals surface area contributed by atoms with Gasteiger partial charge in [0.1, 0.15) is 6.10 Å². The van der Waals surface area contributed by atoms with E-state index in [-0.39, 0.29) is 49.5 Å². The van der Waals surface area contributed by atoms with Crippen molar-refractivity contribution in [2.75, 3.05) is 19.7 Å². The van der Waals surface area contributed by atoms with Crippen LogP contribution in [0.25, 0.3) is 0 Å². The number of phosphoric ester groups is 1. The van der Waals surface area contributed by atoms with Crippen molar-refractivity contribution in [1.29, 1.82) is 0 Å². The molecule has 0 spiro atoms. The monoisotopic (exact) mass is 738 g/mol. The van der Waals surface area contributed by atoms with E-state index in [0.717, 1.165) is 61.2 Å². The number of allylic oxidation sites excluding steroid dienone is 1. The SMILES string of the molecule is CC(C)CCC[C@H](C)[C@H]1CCC2C3CC=C4C[C@@H](OC(=O)NCCCCCC(=O)N5C[C@H](OP(=O)(O)OO)C[C@H]5CO)CCC4(C)C3CC[C@@]21C. The van der Waals surface area contributed by atoms with Crippen molar-refractivity contribution >= 4 is 19.8 Å². The van der Waals surface area contributed by atoms with Gasteiger partial charge < -0.3 is 25.0 Å². The van der Waals surface area contributed by atoms with Crippen LogP contribution in [0.3, 0.4) is 0 Å². The van der Waals surface area contributed by atoms with Gasteiger partial charge >= 0.3 is 13.9 Å². The maximum atomic E-state index is 12.8. The fourth-order valence-corrected chi connectivity index (χ4v) is 12.1. The third-order valence-corrected chi connectivity index (χ3v) is 14.9. The van der Waals surface area contributed by atoms with Gasteiger partial charge in [-0.3, -0.25) is 9.32 Å². The molecule has 1 saturated heterocycles. The van der Waals surface area contributed by atoms with Gasteiger partial charge in [-0.15, -0.1) is 4.67 Å². The Kier molecular flexibility index (Phi) is 13.8. The smallest absolute Gasteiger partial charge is 0.446 e. The number of fused-ring (bicyclic) bond motifs is 5. The number of rotatable bonds is 16. The van der Waals surface area contributed by atoms with E-state index in [0.29, 0.717) is 24.8 Å². The Hall–Kier alpha value is -1.49. The molecule has 2 amide bonds. The second-order valence-corrected chi connectivity index (χ2v) is 19.0. The third kappa shape index (κ3) is 9.43. The first kappa shape index (κ1) is 40.7. The van der Waals surface area contributed by atoms with Crippen molar-refractivity contribution in [3.63, 3.8) is 0 Å². The summed E-state index contributed by atoms with van der Waals surface area (Å²) in [4.78, 5) is 36.3. The Morgan fingerprint density at radius 1 is 1.02 bits per heavy atom. The molecule has 12 heteroatoms. The number of nitrogens with zero attached hydrogens (tertiary/aromatic N) is 1. The fraction of sp³-hybridized carbons (Fsp3) is 0.897. The van der Waals surface area contributed by atoms with E-state index in [9.17, 15) is 24.2 Å². The molecule has 11 atom stereocenters. The lowest BCUT2D eigenvalue weighted by molar-refractivity contribution is -0.165. The molecule has 5 rings (SSSR count). The van der Waals surface area contributed by atoms with Crippen LogP contribution in [-0.2, 0) is 23.3 Å². The number of phosphoric acid groups is 1. The molecule has 3 saturated carbocycles. The first-order chi connectivity index (χ1) is 24.2. The van der Waals surface area contributed by atoms with Gasteiger partial charge in [-0.05, 0) is 111 Å². The minimum Gasteiger partial charge on any atom is -0.446 e. The minimum atomic E-state index is -4.61. The third-order valence-electron chi connectivity index (χ3n) is 14.2. The molecule has 4 N–H and O–H groups in total. The van der Waals surface area contributed by atoms with Crippen molar-refractivity contribution in [2.24, 2.45) is 46.3 Å². The molecule has 292 valence electrons. The predicted molar refractivity (Wildman–Crippen MR) is 195 cm³/mol. The summed E-state index contributed by atoms with van der Waals surface area (Å²) >= 11 is 0. The Labute approximate surface area is 306 Å². The van der Waals surface area contributed by atoms with E-state index in [1.165, 1.54) is 61.8 Å². The number of alkyl carbamates (subject to hydrolysis) is 1. The number of nitrogens with one attached hydrogen (secondary N) is 1. The molecule has 0 aromatic heterocycles. The maximum absolute atomic E-state index is 12.8. The number of likely N-dealkylation sites (tertiary alicyclic amines) is 1. The predicted octanol–water partition coefficient (Wildman–Crippen LogP) is 8.25. The van der Waals surface area contributed by atoms with Crippen molar-refractivity contribution < 1.29 is 43.3 Å². The maximum Gasteiger partial charge on any atom is 0.499 e. The lowest BCUT2D eigenvalue weighted by Crippen LogP contribution is -2.51. The number of carbonyl (C=O) groups is 2. The molecular weight excluding hydrogens is 671 g/mol. The van der Waals surface area contributed by atoms with Gasteiger partial charge in [-0.1, -0.05) is 72.0 Å². The second-order valence-electron chi connectivity index (χ2n) is 17.7. The van der Waals surface area contributed by atoms with Gasteiger partial charge in [0, 0.05) is 25.9 Å². The van der Waals surface area contributed by atoms with Gasteiger partial charge in [-0.2, -0.15) is 0 Å². The number of hydrogen-bond donors (Lipinski definition) is 4. The van der Waals surface area contributed by atoms with Crippen LogP contribution < -0.4 is 5.32 Å². The zero-order valence-electron chi connectivity index (χ0n) is 31.9. The number of carbonyl (C=O) groups excluding carboxylic acids is 2. The molecule has 0 radical (unpaired) electrons. The Morgan fingerprint density at radius 2 is 1.80 bits per heavy atom. The lowest BCUT2D eigenvalue weighted by Gasteiger charge is -2.58. The van der Waals surface area contributed by atoms with Crippen LogP contribution in [0.1, 0.15) is 137 Å². The molecular formula is C39H67N2O9P. The van der Waals surface area contributed by atoms with Crippen LogP contribution in [0.4, 0.5) is 4.79 Å². The number of hydrogen-bond acceptors (Lipinski definition) is 8. The Bertz CT molecular complexity index is 1280. The Balaban J connectivity index is 1.02. The van der Waals surface area contributed by atoms with Crippen molar-refractivity contribution in [3.05, 3.63) is 11.6 Å². The largest absolute Gasteiger partial charge is 0.499 e. The lowest BCUT2D eigenvalue weighted by atomic mass is 9.47. The molecule has 4 fully saturated rings. The van der Waals surface area contributed by atoms with Crippen molar-refractivity contribution in [3.8, 4) is 0 Å². The summed E-state index contributed by atoms with van der Waals surface area (Å²) in [6.07, 6.45) is 17.3. The highest BCUT2D eigenvalue weighted by atomic mass is 31.2. The van der Waals surface area contributed by atoms with Crippen LogP contribution >= 0.6 is 7.82 Å². The molecule has 1 heterocycles. The minimum absolute atomic E-state index is 0.0301. The highest BCUT2D eigenvalue weighted by Crippen LogP contribution is 2.67. The van der Waals surface area contributed by atoms with Gasteiger partial charge in [0.05, 0.1) is 18.8 Å². The van der Waals surface area contributed by atoms with Crippen LogP contribution in [0.2, 0.25) is 0 Å². The highest BCUT2D eigenvalue weighted by Gasteiger charge is 2.59. The van der Waals surface area contributed by atoms with Gasteiger partial charge in [0.25, 0.3) is 0 Å². The standard InChI is InChI=1S/C39H67N2O9P/c1-26(2)10-9-11-27(3)33-15-16-34-32-14-13-28-22-30(17-19-38(28,4)35(32)18-20-39(33,34)5)48-37(44)40-21-8-6-7-12-36(43)41-24-31(23-29(41)25-42)49-51(46,47)50-45/h13,26-27,29-35,42,45H,6-12,14-25H2,1-5H3,(H,40,44)(H,46,47)/t27-,29-,30-,31+,32?,33+,34?,35?,38?,39+/m0/s1. The van der Waals surface area contributed by atoms with E-state index in [1.54, 1.807) is 0 Å². The van der Waals surface area contributed by atoms with E-state index in [1.807, 2.05) is 0 Å². The highest BCUT2D eigenvalue weighted by molar-refractivity contribution is 7.47. The first-order valence-corrected chi connectivity index (χ1v) is 21.6. The molecule has 11 nitrogen and oxygen atoms in total. The molecule has 5 aliphatic rings. The van der Waals surface area contributed by atoms with Gasteiger partial charge in [0.2, 0.25) is 5.91 Å². The summed E-state index contributed by atoms with van der Waals surface area (Å²) < 4.78 is 25.8. The van der Waals surface area contributed by atoms with Gasteiger partial charge in [0.15, 0.2) is 0 Å². The number of ether oxygens (including phenoxy) is 1. The summed E-state index contributed by atoms with van der Waals surface area (Å²) in [6.45, 7) is 12.6. The van der Waals surface area contributed by atoms with E-state index >= 15 is 0 Å². The van der Waals surface area contributed by atoms with Crippen LogP contribution in [0, 0.1) is 46.3 Å². The van der Waals surface area contributed by atoms with E-state index in [2.05, 4.69) is 50.7 Å². The quantitative estimate of drug-likeness (QED) is 0.0403. The summed E-state index contributed by atoms with van der Waals surface area (Å²) in [6, 6.07) is -0.530. The summed E-state index contributed by atoms with van der Waals surface area (Å²) in [5.74, 6) is 4.66. The number of amides is 2. The summed E-state index contributed by atoms with van der Waals surface area (Å²) in [5.41, 5.74) is 2.22. The molecule has 0 aromatic rings. The van der Waals surface area contributed by atoms with Gasteiger partial charge in [-0.25, -0.2) is 14.6 Å². The Morgan fingerprint density at radius 3 is 2.53 bits per heavy atom. The molecule has 4 aliphatic carbocycles. The summed E-state index contributed by atoms with van der Waals surface area (Å²) in [5, 5.41) is 21.1. The van der Waals surface area contributed by atoms with E-state index < -0.39 is 20.0 Å². The zero-order valence-corrected chi connectivity index (χ0v) is 32.8. The van der Waals surface area contributed by atoms with Crippen LogP contribution in [-0.4, -0.2) is 70.1 Å². The van der Waals surface area contributed by atoms with E-state index in [4.69, 9.17) is 14.5 Å². The van der Waals surface area contributed by atoms with Crippen LogP contribution in [0.15, 0.2) is 11.6 Å². The number of unbranched alkanes of at least 4 members (excludes halogenated alkanes) is 2. The average Bonchev–Trinajstić information content (AvgIpc) is 3.66. The number of aliphatic hydroxyl groups is 1. The van der Waals surface area contributed by atoms with Crippen molar-refractivity contribution in [2.45, 2.75) is 156 Å². The molecule has 5 unspecified atom stereocenters. The van der Waals surface area contributed by atoms with Crippen molar-refractivity contribution in [1.82, 2.24) is 10.2 Å². The summed E-state index contributed by atoms with van der Waals surface area (Å²) in [7, 11) is -4.61. The fourth-order valence-electron chi connectivity index (χ4n) is 11.5. The topological polar surface area (TPSA) is 155 Å². The van der Waals surface area contributed by atoms with Crippen LogP contribution in [0.5, 0.6) is 0 Å². The molecule has 0 aromatic carbocycles. The molecule has 51 heavy (non-hydrogen) atoms.